The van der Waals surface area contributed by atoms with Gasteiger partial charge >= 0.3 is 6.09 Å². The number of carbonyl (C=O) groups excluding carboxylic acids is 2. The highest BCUT2D eigenvalue weighted by Crippen LogP contribution is 2.36. The van der Waals surface area contributed by atoms with E-state index < -0.39 is 5.60 Å². The normalized spacial score (nSPS) is 28.6. The van der Waals surface area contributed by atoms with Crippen molar-refractivity contribution in [2.24, 2.45) is 11.8 Å². The maximum atomic E-state index is 12.6. The third-order valence-electron chi connectivity index (χ3n) is 5.41. The van der Waals surface area contributed by atoms with Crippen molar-refractivity contribution in [3.63, 3.8) is 0 Å². The van der Waals surface area contributed by atoms with E-state index in [0.717, 1.165) is 58.2 Å². The maximum Gasteiger partial charge on any atom is 0.410 e. The van der Waals surface area contributed by atoms with Gasteiger partial charge in [0.25, 0.3) is 0 Å². The number of amides is 2. The van der Waals surface area contributed by atoms with Gasteiger partial charge in [0.05, 0.1) is 0 Å². The number of carbonyl (C=O) groups is 2. The van der Waals surface area contributed by atoms with Crippen LogP contribution < -0.4 is 0 Å². The Bertz CT molecular complexity index is 481. The number of hydrogen-bond acceptors (Lipinski definition) is 3. The molecule has 24 heavy (non-hydrogen) atoms. The molecule has 0 radical (unpaired) electrons. The first-order valence-electron chi connectivity index (χ1n) is 9.63. The smallest absolute Gasteiger partial charge is 0.410 e. The molecular formula is C19H32N2O3. The van der Waals surface area contributed by atoms with Crippen molar-refractivity contribution in [2.75, 3.05) is 19.6 Å². The van der Waals surface area contributed by atoms with Crippen molar-refractivity contribution in [3.8, 4) is 0 Å². The lowest BCUT2D eigenvalue weighted by atomic mass is 9.84. The molecule has 0 unspecified atom stereocenters. The summed E-state index contributed by atoms with van der Waals surface area (Å²) in [5, 5.41) is 0. The van der Waals surface area contributed by atoms with E-state index in [1.807, 2.05) is 25.7 Å². The van der Waals surface area contributed by atoms with Gasteiger partial charge in [-0.15, -0.1) is 0 Å². The largest absolute Gasteiger partial charge is 0.444 e. The Morgan fingerprint density at radius 1 is 0.958 bits per heavy atom. The van der Waals surface area contributed by atoms with E-state index in [1.165, 1.54) is 6.42 Å². The Labute approximate surface area is 145 Å². The molecule has 2 amide bonds. The van der Waals surface area contributed by atoms with Crippen molar-refractivity contribution in [1.82, 2.24) is 9.80 Å². The molecule has 0 aromatic rings. The van der Waals surface area contributed by atoms with Crippen molar-refractivity contribution in [3.05, 3.63) is 0 Å². The zero-order valence-corrected chi connectivity index (χ0v) is 15.4. The first kappa shape index (κ1) is 17.6. The van der Waals surface area contributed by atoms with Gasteiger partial charge < -0.3 is 14.5 Å². The molecule has 0 spiro atoms. The third-order valence-corrected chi connectivity index (χ3v) is 5.41. The Balaban J connectivity index is 1.64. The molecule has 5 heteroatoms. The Morgan fingerprint density at radius 3 is 2.38 bits per heavy atom. The van der Waals surface area contributed by atoms with Gasteiger partial charge in [0.2, 0.25) is 5.91 Å². The third kappa shape index (κ3) is 4.22. The number of nitrogens with zero attached hydrogens (tertiary/aromatic N) is 2. The van der Waals surface area contributed by atoms with E-state index in [1.54, 1.807) is 0 Å². The quantitative estimate of drug-likeness (QED) is 0.776. The summed E-state index contributed by atoms with van der Waals surface area (Å²) < 4.78 is 5.54. The van der Waals surface area contributed by atoms with Gasteiger partial charge in [0.15, 0.2) is 0 Å². The van der Waals surface area contributed by atoms with Crippen LogP contribution in [0.2, 0.25) is 0 Å². The summed E-state index contributed by atoms with van der Waals surface area (Å²) in [4.78, 5) is 29.0. The average Bonchev–Trinajstić information content (AvgIpc) is 3.38. The molecule has 1 saturated carbocycles. The van der Waals surface area contributed by atoms with Crippen LogP contribution in [0.5, 0.6) is 0 Å². The minimum absolute atomic E-state index is 0.205. The highest BCUT2D eigenvalue weighted by atomic mass is 16.6. The van der Waals surface area contributed by atoms with Gasteiger partial charge in [-0.1, -0.05) is 0 Å². The van der Waals surface area contributed by atoms with E-state index in [-0.39, 0.29) is 12.0 Å². The van der Waals surface area contributed by atoms with E-state index >= 15 is 0 Å². The molecule has 2 atom stereocenters. The van der Waals surface area contributed by atoms with Crippen LogP contribution in [0.25, 0.3) is 0 Å². The van der Waals surface area contributed by atoms with E-state index in [4.69, 9.17) is 4.74 Å². The lowest BCUT2D eigenvalue weighted by Crippen LogP contribution is -2.53. The molecule has 5 nitrogen and oxygen atoms in total. The lowest BCUT2D eigenvalue weighted by molar-refractivity contribution is -0.138. The second-order valence-corrected chi connectivity index (χ2v) is 8.70. The number of likely N-dealkylation sites (tertiary alicyclic amines) is 2. The van der Waals surface area contributed by atoms with Crippen LogP contribution in [-0.4, -0.2) is 53.1 Å². The Morgan fingerprint density at radius 2 is 1.71 bits per heavy atom. The van der Waals surface area contributed by atoms with E-state index in [9.17, 15) is 9.59 Å². The summed E-state index contributed by atoms with van der Waals surface area (Å²) in [7, 11) is 0. The van der Waals surface area contributed by atoms with Crippen LogP contribution in [0.4, 0.5) is 4.79 Å². The van der Waals surface area contributed by atoms with Gasteiger partial charge in [-0.3, -0.25) is 4.79 Å². The first-order chi connectivity index (χ1) is 11.3. The van der Waals surface area contributed by atoms with Gasteiger partial charge in [0, 0.05) is 31.6 Å². The second kappa shape index (κ2) is 6.93. The van der Waals surface area contributed by atoms with Crippen molar-refractivity contribution >= 4 is 12.0 Å². The zero-order chi connectivity index (χ0) is 17.3. The summed E-state index contributed by atoms with van der Waals surface area (Å²) in [6.45, 7) is 8.13. The Hall–Kier alpha value is -1.26. The van der Waals surface area contributed by atoms with E-state index in [2.05, 4.69) is 4.90 Å². The molecule has 1 aliphatic carbocycles. The number of rotatable bonds is 2. The molecule has 2 saturated heterocycles. The molecule has 3 fully saturated rings. The maximum absolute atomic E-state index is 12.6. The SMILES string of the molecule is CC(C)(C)OC(=O)N1CCC[C@@H]([C@@H]2CCCCN2C(=O)C2CC2)C1. The van der Waals surface area contributed by atoms with Gasteiger partial charge in [-0.05, 0) is 71.6 Å². The predicted molar refractivity (Wildman–Crippen MR) is 92.6 cm³/mol. The molecule has 2 aliphatic heterocycles. The number of hydrogen-bond donors (Lipinski definition) is 0. The van der Waals surface area contributed by atoms with Crippen LogP contribution in [0.15, 0.2) is 0 Å². The van der Waals surface area contributed by atoms with Crippen LogP contribution in [0, 0.1) is 11.8 Å². The minimum atomic E-state index is -0.456. The predicted octanol–water partition coefficient (Wildman–Crippen LogP) is 3.42. The first-order valence-corrected chi connectivity index (χ1v) is 9.63. The highest BCUT2D eigenvalue weighted by Gasteiger charge is 2.41. The standard InChI is InChI=1S/C19H32N2O3/c1-19(2,3)24-18(23)20-11-6-7-15(13-20)16-8-4-5-12-21(16)17(22)14-9-10-14/h14-16H,4-13H2,1-3H3/t15-,16+/m1/s1. The molecule has 136 valence electrons. The fraction of sp³-hybridized carbons (Fsp3) is 0.895. The van der Waals surface area contributed by atoms with Crippen molar-refractivity contribution < 1.29 is 14.3 Å². The zero-order valence-electron chi connectivity index (χ0n) is 15.4. The van der Waals surface area contributed by atoms with Crippen LogP contribution in [-0.2, 0) is 9.53 Å². The second-order valence-electron chi connectivity index (χ2n) is 8.70. The summed E-state index contributed by atoms with van der Waals surface area (Å²) in [6, 6.07) is 0.317. The molecule has 2 heterocycles. The number of ether oxygens (including phenoxy) is 1. The van der Waals surface area contributed by atoms with Gasteiger partial charge in [-0.2, -0.15) is 0 Å². The summed E-state index contributed by atoms with van der Waals surface area (Å²) in [6.07, 6.45) is 7.45. The number of piperidine rings is 2. The molecule has 0 N–H and O–H groups in total. The van der Waals surface area contributed by atoms with Gasteiger partial charge in [0.1, 0.15) is 5.60 Å². The molecule has 3 rings (SSSR count). The topological polar surface area (TPSA) is 49.9 Å². The minimum Gasteiger partial charge on any atom is -0.444 e. The molecule has 0 bridgehead atoms. The van der Waals surface area contributed by atoms with E-state index in [0.29, 0.717) is 17.9 Å². The fourth-order valence-corrected chi connectivity index (χ4v) is 4.10. The summed E-state index contributed by atoms with van der Waals surface area (Å²) >= 11 is 0. The van der Waals surface area contributed by atoms with Crippen LogP contribution in [0.1, 0.15) is 65.7 Å². The lowest BCUT2D eigenvalue weighted by Gasteiger charge is -2.44. The molecule has 3 aliphatic rings. The average molecular weight is 336 g/mol. The molecule has 0 aromatic carbocycles. The molecule has 0 aromatic heterocycles. The van der Waals surface area contributed by atoms with Crippen molar-refractivity contribution in [2.45, 2.75) is 77.4 Å². The fourth-order valence-electron chi connectivity index (χ4n) is 4.10. The van der Waals surface area contributed by atoms with Gasteiger partial charge in [-0.25, -0.2) is 4.79 Å². The van der Waals surface area contributed by atoms with Crippen molar-refractivity contribution in [1.29, 1.82) is 0 Å². The summed E-state index contributed by atoms with van der Waals surface area (Å²) in [5.74, 6) is 1.06. The summed E-state index contributed by atoms with van der Waals surface area (Å²) in [5.41, 5.74) is -0.456. The molecular weight excluding hydrogens is 304 g/mol. The van der Waals surface area contributed by atoms with Crippen LogP contribution in [0.3, 0.4) is 0 Å². The van der Waals surface area contributed by atoms with Crippen LogP contribution >= 0.6 is 0 Å². The monoisotopic (exact) mass is 336 g/mol. The highest BCUT2D eigenvalue weighted by molar-refractivity contribution is 5.81. The Kier molecular flexibility index (Phi) is 5.07.